The summed E-state index contributed by atoms with van der Waals surface area (Å²) in [5.41, 5.74) is 1.81. The Kier molecular flexibility index (Phi) is 6.30. The fourth-order valence-corrected chi connectivity index (χ4v) is 4.72. The number of hydrogen-bond donors (Lipinski definition) is 0. The number of rotatable bonds is 8. The van der Waals surface area contributed by atoms with E-state index in [4.69, 9.17) is 4.74 Å². The molecule has 0 radical (unpaired) electrons. The predicted octanol–water partition coefficient (Wildman–Crippen LogP) is 5.43. The van der Waals surface area contributed by atoms with Crippen LogP contribution in [0.2, 0.25) is 0 Å². The summed E-state index contributed by atoms with van der Waals surface area (Å²) in [6.07, 6.45) is 0. The third-order valence-electron chi connectivity index (χ3n) is 4.67. The molecule has 0 bridgehead atoms. The number of methoxy groups -OCH3 is 1. The normalized spacial score (nSPS) is 11.9. The topological polar surface area (TPSA) is 57.0 Å². The third-order valence-corrected chi connectivity index (χ3v) is 6.61. The van der Waals surface area contributed by atoms with Crippen molar-refractivity contribution in [3.05, 3.63) is 83.2 Å². The highest BCUT2D eigenvalue weighted by atomic mass is 32.2. The van der Waals surface area contributed by atoms with Crippen LogP contribution < -0.4 is 4.74 Å². The van der Waals surface area contributed by atoms with Crippen LogP contribution in [0.4, 0.5) is 0 Å². The Morgan fingerprint density at radius 2 is 1.83 bits per heavy atom. The zero-order valence-corrected chi connectivity index (χ0v) is 18.3. The second-order valence-corrected chi connectivity index (χ2v) is 8.96. The number of thioether (sulfide) groups is 1. The van der Waals surface area contributed by atoms with Gasteiger partial charge in [0.25, 0.3) is 0 Å². The maximum Gasteiger partial charge on any atom is 0.192 e. The average Bonchev–Trinajstić information content (AvgIpc) is 3.44. The van der Waals surface area contributed by atoms with Gasteiger partial charge in [0.15, 0.2) is 16.8 Å². The van der Waals surface area contributed by atoms with E-state index in [0.29, 0.717) is 12.1 Å². The first-order chi connectivity index (χ1) is 14.7. The zero-order valence-electron chi connectivity index (χ0n) is 16.7. The van der Waals surface area contributed by atoms with Crippen molar-refractivity contribution in [2.45, 2.75) is 23.9 Å². The Morgan fingerprint density at radius 3 is 2.50 bits per heavy atom. The number of Topliss-reactive ketones (excluding diaryl/α,β-unsaturated/α-hetero) is 1. The molecule has 4 aromatic rings. The largest absolute Gasteiger partial charge is 0.497 e. The van der Waals surface area contributed by atoms with Crippen LogP contribution in [0.3, 0.4) is 0 Å². The van der Waals surface area contributed by atoms with E-state index in [1.807, 2.05) is 42.6 Å². The molecular weight excluding hydrogens is 414 g/mol. The molecule has 7 heteroatoms. The van der Waals surface area contributed by atoms with Crippen molar-refractivity contribution in [3.63, 3.8) is 0 Å². The molecule has 2 heterocycles. The van der Waals surface area contributed by atoms with Gasteiger partial charge in [-0.3, -0.25) is 9.36 Å². The maximum atomic E-state index is 12.9. The van der Waals surface area contributed by atoms with Crippen molar-refractivity contribution >= 4 is 28.9 Å². The SMILES string of the molecule is COc1ccc(C(=O)C(C)Sc2nnc(-c3cccs3)n2Cc2ccccc2)cc1. The fourth-order valence-electron chi connectivity index (χ4n) is 3.07. The molecule has 30 heavy (non-hydrogen) atoms. The lowest BCUT2D eigenvalue weighted by Crippen LogP contribution is -2.15. The fraction of sp³-hybridized carbons (Fsp3) is 0.174. The highest BCUT2D eigenvalue weighted by Crippen LogP contribution is 2.31. The standard InChI is InChI=1S/C23H21N3O2S2/c1-16(21(27)18-10-12-19(28-2)13-11-18)30-23-25-24-22(20-9-6-14-29-20)26(23)15-17-7-4-3-5-8-17/h3-14,16H,15H2,1-2H3. The second kappa shape index (κ2) is 9.28. The Balaban J connectivity index is 1.60. The van der Waals surface area contributed by atoms with Crippen molar-refractivity contribution in [1.82, 2.24) is 14.8 Å². The number of aromatic nitrogens is 3. The molecule has 4 rings (SSSR count). The molecular formula is C23H21N3O2S2. The maximum absolute atomic E-state index is 12.9. The van der Waals surface area contributed by atoms with Crippen LogP contribution in [0.25, 0.3) is 10.7 Å². The van der Waals surface area contributed by atoms with E-state index in [-0.39, 0.29) is 11.0 Å². The molecule has 152 valence electrons. The van der Waals surface area contributed by atoms with Gasteiger partial charge in [-0.25, -0.2) is 0 Å². The highest BCUT2D eigenvalue weighted by Gasteiger charge is 2.22. The van der Waals surface area contributed by atoms with E-state index in [1.54, 1.807) is 42.7 Å². The first-order valence-electron chi connectivity index (χ1n) is 9.51. The van der Waals surface area contributed by atoms with Crippen molar-refractivity contribution < 1.29 is 9.53 Å². The molecule has 0 saturated heterocycles. The van der Waals surface area contributed by atoms with Crippen LogP contribution >= 0.6 is 23.1 Å². The summed E-state index contributed by atoms with van der Waals surface area (Å²) in [5.74, 6) is 1.60. The number of benzene rings is 2. The Hall–Kier alpha value is -2.90. The first kappa shape index (κ1) is 20.4. The number of ether oxygens (including phenoxy) is 1. The van der Waals surface area contributed by atoms with Gasteiger partial charge in [0.05, 0.1) is 23.8 Å². The van der Waals surface area contributed by atoms with Gasteiger partial charge in [-0.05, 0) is 48.2 Å². The van der Waals surface area contributed by atoms with Gasteiger partial charge in [0.1, 0.15) is 5.75 Å². The number of thiophene rings is 1. The quantitative estimate of drug-likeness (QED) is 0.273. The molecule has 0 fully saturated rings. The highest BCUT2D eigenvalue weighted by molar-refractivity contribution is 8.00. The van der Waals surface area contributed by atoms with Crippen LogP contribution in [-0.4, -0.2) is 32.9 Å². The van der Waals surface area contributed by atoms with Gasteiger partial charge in [0.2, 0.25) is 0 Å². The number of nitrogens with zero attached hydrogens (tertiary/aromatic N) is 3. The Morgan fingerprint density at radius 1 is 1.07 bits per heavy atom. The lowest BCUT2D eigenvalue weighted by Gasteiger charge is -2.13. The van der Waals surface area contributed by atoms with Gasteiger partial charge in [-0.2, -0.15) is 0 Å². The summed E-state index contributed by atoms with van der Waals surface area (Å²) in [7, 11) is 1.61. The number of carbonyl (C=O) groups excluding carboxylic acids is 1. The monoisotopic (exact) mass is 435 g/mol. The Bertz CT molecular complexity index is 1110. The van der Waals surface area contributed by atoms with E-state index in [0.717, 1.165) is 27.2 Å². The lowest BCUT2D eigenvalue weighted by atomic mass is 10.1. The predicted molar refractivity (Wildman–Crippen MR) is 122 cm³/mol. The molecule has 1 atom stereocenters. The Labute approximate surface area is 183 Å². The number of ketones is 1. The minimum atomic E-state index is -0.298. The summed E-state index contributed by atoms with van der Waals surface area (Å²) < 4.78 is 7.27. The molecule has 0 aliphatic rings. The first-order valence-corrected chi connectivity index (χ1v) is 11.3. The molecule has 2 aromatic heterocycles. The van der Waals surface area contributed by atoms with Crippen LogP contribution in [0, 0.1) is 0 Å². The zero-order chi connectivity index (χ0) is 20.9. The van der Waals surface area contributed by atoms with Gasteiger partial charge >= 0.3 is 0 Å². The average molecular weight is 436 g/mol. The number of carbonyl (C=O) groups is 1. The molecule has 0 saturated carbocycles. The molecule has 0 aliphatic heterocycles. The van der Waals surface area contributed by atoms with E-state index >= 15 is 0 Å². The van der Waals surface area contributed by atoms with Crippen molar-refractivity contribution in [3.8, 4) is 16.5 Å². The van der Waals surface area contributed by atoms with Crippen molar-refractivity contribution in [1.29, 1.82) is 0 Å². The summed E-state index contributed by atoms with van der Waals surface area (Å²) in [6, 6.07) is 21.4. The van der Waals surface area contributed by atoms with E-state index in [2.05, 4.69) is 26.9 Å². The minimum absolute atomic E-state index is 0.0505. The summed E-state index contributed by atoms with van der Waals surface area (Å²) in [6.45, 7) is 2.55. The summed E-state index contributed by atoms with van der Waals surface area (Å²) in [5, 5.41) is 11.3. The summed E-state index contributed by atoms with van der Waals surface area (Å²) in [4.78, 5) is 14.0. The van der Waals surface area contributed by atoms with Crippen molar-refractivity contribution in [2.24, 2.45) is 0 Å². The molecule has 1 unspecified atom stereocenters. The van der Waals surface area contributed by atoms with Gasteiger partial charge < -0.3 is 4.74 Å². The van der Waals surface area contributed by atoms with Crippen molar-refractivity contribution in [2.75, 3.05) is 7.11 Å². The van der Waals surface area contributed by atoms with Crippen LogP contribution in [-0.2, 0) is 6.54 Å². The lowest BCUT2D eigenvalue weighted by molar-refractivity contribution is 0.0994. The molecule has 0 amide bonds. The number of hydrogen-bond acceptors (Lipinski definition) is 6. The third kappa shape index (κ3) is 4.47. The van der Waals surface area contributed by atoms with E-state index in [9.17, 15) is 4.79 Å². The van der Waals surface area contributed by atoms with Crippen LogP contribution in [0.1, 0.15) is 22.8 Å². The molecule has 5 nitrogen and oxygen atoms in total. The van der Waals surface area contributed by atoms with Gasteiger partial charge in [-0.1, -0.05) is 48.2 Å². The smallest absolute Gasteiger partial charge is 0.192 e. The van der Waals surface area contributed by atoms with Crippen LogP contribution in [0.5, 0.6) is 5.75 Å². The molecule has 0 N–H and O–H groups in total. The summed E-state index contributed by atoms with van der Waals surface area (Å²) >= 11 is 3.06. The van der Waals surface area contributed by atoms with Crippen LogP contribution in [0.15, 0.2) is 77.3 Å². The van der Waals surface area contributed by atoms with E-state index in [1.165, 1.54) is 11.8 Å². The molecule has 0 aliphatic carbocycles. The minimum Gasteiger partial charge on any atom is -0.497 e. The molecule has 0 spiro atoms. The molecule has 2 aromatic carbocycles. The van der Waals surface area contributed by atoms with E-state index < -0.39 is 0 Å². The van der Waals surface area contributed by atoms with Gasteiger partial charge in [0, 0.05) is 5.56 Å². The second-order valence-electron chi connectivity index (χ2n) is 6.71. The van der Waals surface area contributed by atoms with Gasteiger partial charge in [-0.15, -0.1) is 21.5 Å².